The fraction of sp³-hybridized carbons (Fsp3) is 0.867. The van der Waals surface area contributed by atoms with Crippen molar-refractivity contribution in [1.29, 1.82) is 0 Å². The van der Waals surface area contributed by atoms with Crippen molar-refractivity contribution in [1.82, 2.24) is 0 Å². The molecule has 7 aliphatic rings. The third kappa shape index (κ3) is 3.83. The standard InChI is InChI=1S/C30H42O9/c1-15-10-25(37-16(2)31)30(34)27(36-15)38-23-11-17-4-5-22-19(20(17)13-24(23)39-30)6-8-28(3)21(7-9-29(22,28)33)18-12-26(32)35-14-18/h12,15,17,19-25,27,33-34H,4-11,13-14H2,1-3H3. The van der Waals surface area contributed by atoms with E-state index in [9.17, 15) is 19.8 Å². The summed E-state index contributed by atoms with van der Waals surface area (Å²) < 4.78 is 29.5. The predicted molar refractivity (Wildman–Crippen MR) is 136 cm³/mol. The van der Waals surface area contributed by atoms with E-state index in [1.165, 1.54) is 6.92 Å². The number of hydrogen-bond donors (Lipinski definition) is 2. The highest BCUT2D eigenvalue weighted by Crippen LogP contribution is 2.67. The van der Waals surface area contributed by atoms with Gasteiger partial charge in [-0.05, 0) is 93.5 Å². The van der Waals surface area contributed by atoms with E-state index in [1.54, 1.807) is 6.08 Å². The van der Waals surface area contributed by atoms with Gasteiger partial charge < -0.3 is 33.9 Å². The Kier molecular flexibility index (Phi) is 6.08. The van der Waals surface area contributed by atoms with Gasteiger partial charge in [-0.2, -0.15) is 0 Å². The summed E-state index contributed by atoms with van der Waals surface area (Å²) in [7, 11) is 0. The molecule has 0 aromatic rings. The lowest BCUT2D eigenvalue weighted by molar-refractivity contribution is -0.455. The summed E-state index contributed by atoms with van der Waals surface area (Å²) in [5.41, 5.74) is 0.0154. The van der Waals surface area contributed by atoms with E-state index < -0.39 is 29.8 Å². The van der Waals surface area contributed by atoms with Gasteiger partial charge in [0.2, 0.25) is 6.29 Å². The molecule has 3 heterocycles. The monoisotopic (exact) mass is 546 g/mol. The number of hydrogen-bond acceptors (Lipinski definition) is 9. The summed E-state index contributed by atoms with van der Waals surface area (Å²) in [4.78, 5) is 23.6. The van der Waals surface area contributed by atoms with E-state index in [4.69, 9.17) is 23.7 Å². The molecular formula is C30H42O9. The second-order valence-corrected chi connectivity index (χ2v) is 13.7. The Labute approximate surface area is 229 Å². The van der Waals surface area contributed by atoms with Crippen LogP contribution in [0, 0.1) is 35.0 Å². The van der Waals surface area contributed by atoms with Crippen molar-refractivity contribution < 1.29 is 43.5 Å². The van der Waals surface area contributed by atoms with E-state index in [1.807, 2.05) is 6.92 Å². The highest BCUT2D eigenvalue weighted by atomic mass is 16.8. The number of esters is 2. The van der Waals surface area contributed by atoms with Crippen LogP contribution < -0.4 is 0 Å². The fourth-order valence-electron chi connectivity index (χ4n) is 10.2. The van der Waals surface area contributed by atoms with Gasteiger partial charge in [0.25, 0.3) is 5.79 Å². The average molecular weight is 547 g/mol. The number of carbonyl (C=O) groups excluding carboxylic acids is 2. The van der Waals surface area contributed by atoms with Gasteiger partial charge in [0.15, 0.2) is 6.10 Å². The Morgan fingerprint density at radius 2 is 1.85 bits per heavy atom. The first kappa shape index (κ1) is 26.4. The summed E-state index contributed by atoms with van der Waals surface area (Å²) in [5.74, 6) is -0.974. The maximum atomic E-state index is 12.4. The van der Waals surface area contributed by atoms with Gasteiger partial charge in [0.1, 0.15) is 6.61 Å². The number of rotatable bonds is 2. The van der Waals surface area contributed by atoms with Gasteiger partial charge in [-0.15, -0.1) is 0 Å². The topological polar surface area (TPSA) is 121 Å². The van der Waals surface area contributed by atoms with Crippen molar-refractivity contribution in [3.63, 3.8) is 0 Å². The molecule has 4 aliphatic carbocycles. The Morgan fingerprint density at radius 1 is 1.03 bits per heavy atom. The Bertz CT molecular complexity index is 1070. The van der Waals surface area contributed by atoms with E-state index in [0.717, 1.165) is 56.9 Å². The second-order valence-electron chi connectivity index (χ2n) is 13.7. The highest BCUT2D eigenvalue weighted by Gasteiger charge is 2.67. The van der Waals surface area contributed by atoms with Crippen LogP contribution in [-0.2, 0) is 33.3 Å². The Hall–Kier alpha value is -1.52. The molecule has 3 aliphatic heterocycles. The normalized spacial score (nSPS) is 54.3. The molecule has 216 valence electrons. The number of aliphatic hydroxyl groups is 2. The van der Waals surface area contributed by atoms with E-state index in [2.05, 4.69) is 6.92 Å². The quantitative estimate of drug-likeness (QED) is 0.398. The molecule has 0 aromatic carbocycles. The van der Waals surface area contributed by atoms with Crippen LogP contribution in [0.2, 0.25) is 0 Å². The Balaban J connectivity index is 1.12. The average Bonchev–Trinajstić information content (AvgIpc) is 3.42. The van der Waals surface area contributed by atoms with Crippen molar-refractivity contribution in [3.8, 4) is 0 Å². The summed E-state index contributed by atoms with van der Waals surface area (Å²) in [5, 5.41) is 24.0. The molecule has 0 radical (unpaired) electrons. The first-order chi connectivity index (χ1) is 18.5. The van der Waals surface area contributed by atoms with Crippen molar-refractivity contribution in [2.45, 2.75) is 121 Å². The summed E-state index contributed by atoms with van der Waals surface area (Å²) in [6, 6.07) is 0. The summed E-state index contributed by atoms with van der Waals surface area (Å²) >= 11 is 0. The lowest BCUT2D eigenvalue weighted by Gasteiger charge is -2.62. The van der Waals surface area contributed by atoms with Crippen LogP contribution in [0.5, 0.6) is 0 Å². The third-order valence-corrected chi connectivity index (χ3v) is 11.9. The number of carbonyl (C=O) groups is 2. The van der Waals surface area contributed by atoms with Crippen LogP contribution >= 0.6 is 0 Å². The van der Waals surface area contributed by atoms with E-state index in [0.29, 0.717) is 30.8 Å². The molecule has 9 nitrogen and oxygen atoms in total. The number of cyclic esters (lactones) is 1. The summed E-state index contributed by atoms with van der Waals surface area (Å²) in [6.45, 7) is 5.81. The van der Waals surface area contributed by atoms with Gasteiger partial charge in [-0.3, -0.25) is 4.79 Å². The van der Waals surface area contributed by atoms with Crippen LogP contribution in [0.15, 0.2) is 11.6 Å². The maximum absolute atomic E-state index is 12.4. The van der Waals surface area contributed by atoms with Crippen LogP contribution in [0.1, 0.15) is 78.6 Å². The fourth-order valence-corrected chi connectivity index (χ4v) is 10.2. The van der Waals surface area contributed by atoms with E-state index in [-0.39, 0.29) is 41.5 Å². The second kappa shape index (κ2) is 8.99. The molecule has 4 saturated carbocycles. The molecule has 0 spiro atoms. The first-order valence-corrected chi connectivity index (χ1v) is 15.0. The van der Waals surface area contributed by atoms with Gasteiger partial charge in [0, 0.05) is 24.8 Å². The highest BCUT2D eigenvalue weighted by molar-refractivity contribution is 5.85. The lowest BCUT2D eigenvalue weighted by Crippen LogP contribution is -2.70. The molecule has 0 amide bonds. The van der Waals surface area contributed by atoms with Crippen LogP contribution in [0.25, 0.3) is 0 Å². The zero-order chi connectivity index (χ0) is 27.3. The smallest absolute Gasteiger partial charge is 0.331 e. The molecular weight excluding hydrogens is 504 g/mol. The van der Waals surface area contributed by atoms with Crippen molar-refractivity contribution in [3.05, 3.63) is 11.6 Å². The molecule has 13 unspecified atom stereocenters. The van der Waals surface area contributed by atoms with Gasteiger partial charge in [-0.1, -0.05) is 6.92 Å². The minimum atomic E-state index is -1.84. The third-order valence-electron chi connectivity index (χ3n) is 11.9. The minimum Gasteiger partial charge on any atom is -0.458 e. The molecule has 39 heavy (non-hydrogen) atoms. The van der Waals surface area contributed by atoms with E-state index >= 15 is 0 Å². The molecule has 0 bridgehead atoms. The summed E-state index contributed by atoms with van der Waals surface area (Å²) in [6.07, 6.45) is 6.61. The molecule has 9 heteroatoms. The van der Waals surface area contributed by atoms with Crippen molar-refractivity contribution in [2.75, 3.05) is 6.61 Å². The van der Waals surface area contributed by atoms with Crippen molar-refractivity contribution in [2.24, 2.45) is 35.0 Å². The molecule has 0 aromatic heterocycles. The molecule has 7 rings (SSSR count). The van der Waals surface area contributed by atoms with Crippen LogP contribution in [-0.4, -0.2) is 70.9 Å². The number of fused-ring (bicyclic) bond motifs is 7. The molecule has 2 saturated heterocycles. The van der Waals surface area contributed by atoms with Gasteiger partial charge >= 0.3 is 11.9 Å². The molecule has 13 atom stereocenters. The maximum Gasteiger partial charge on any atom is 0.331 e. The van der Waals surface area contributed by atoms with Crippen molar-refractivity contribution >= 4 is 11.9 Å². The van der Waals surface area contributed by atoms with Crippen LogP contribution in [0.3, 0.4) is 0 Å². The SMILES string of the molecule is CC(=O)OC1CC(C)OC2OC3CC4CCC5C(CCC6(C)C(C7=CC(=O)OC7)CCC56O)C4CC3OC12O. The Morgan fingerprint density at radius 3 is 2.59 bits per heavy atom. The lowest BCUT2D eigenvalue weighted by atomic mass is 9.47. The molecule has 6 fully saturated rings. The van der Waals surface area contributed by atoms with Gasteiger partial charge in [-0.25, -0.2) is 4.79 Å². The van der Waals surface area contributed by atoms with Crippen LogP contribution in [0.4, 0.5) is 0 Å². The zero-order valence-electron chi connectivity index (χ0n) is 23.2. The minimum absolute atomic E-state index is 0.177. The molecule has 2 N–H and O–H groups in total. The zero-order valence-corrected chi connectivity index (χ0v) is 23.2. The largest absolute Gasteiger partial charge is 0.458 e. The predicted octanol–water partition coefficient (Wildman–Crippen LogP) is 3.00. The first-order valence-electron chi connectivity index (χ1n) is 15.0. The van der Waals surface area contributed by atoms with Gasteiger partial charge in [0.05, 0.1) is 23.9 Å². The number of ether oxygens (including phenoxy) is 5.